The van der Waals surface area contributed by atoms with Crippen molar-refractivity contribution in [1.29, 1.82) is 0 Å². The van der Waals surface area contributed by atoms with Crippen LogP contribution >= 0.6 is 0 Å². The fourth-order valence-electron chi connectivity index (χ4n) is 0.944. The number of hydrogen-bond donors (Lipinski definition) is 4. The van der Waals surface area contributed by atoms with Gasteiger partial charge in [0.25, 0.3) is 5.91 Å². The van der Waals surface area contributed by atoms with Crippen LogP contribution in [-0.2, 0) is 0 Å². The van der Waals surface area contributed by atoms with Crippen molar-refractivity contribution < 1.29 is 9.90 Å². The summed E-state index contributed by atoms with van der Waals surface area (Å²) in [5.41, 5.74) is -0.216. The Hall–Kier alpha value is -1.56. The van der Waals surface area contributed by atoms with Gasteiger partial charge in [-0.05, 0) is 13.3 Å². The SMILES string of the molecule is CC(O)CCNC(=O)c1c[nH]c(=O)[nH]1. The van der Waals surface area contributed by atoms with Crippen molar-refractivity contribution >= 4 is 5.91 Å². The first-order chi connectivity index (χ1) is 6.59. The van der Waals surface area contributed by atoms with Gasteiger partial charge in [-0.25, -0.2) is 4.79 Å². The second-order valence-electron chi connectivity index (χ2n) is 3.05. The Bertz CT molecular complexity index is 353. The summed E-state index contributed by atoms with van der Waals surface area (Å²) in [6.07, 6.45) is 1.35. The maximum absolute atomic E-state index is 11.3. The van der Waals surface area contributed by atoms with Crippen molar-refractivity contribution in [3.63, 3.8) is 0 Å². The van der Waals surface area contributed by atoms with Gasteiger partial charge in [0.2, 0.25) is 0 Å². The maximum Gasteiger partial charge on any atom is 0.323 e. The van der Waals surface area contributed by atoms with Crippen molar-refractivity contribution in [2.75, 3.05) is 6.54 Å². The van der Waals surface area contributed by atoms with Crippen LogP contribution in [0.15, 0.2) is 11.0 Å². The highest BCUT2D eigenvalue weighted by Crippen LogP contribution is 1.90. The van der Waals surface area contributed by atoms with Crippen LogP contribution in [0.25, 0.3) is 0 Å². The normalized spacial score (nSPS) is 12.4. The molecule has 0 radical (unpaired) electrons. The number of aromatic amines is 2. The van der Waals surface area contributed by atoms with Gasteiger partial charge in [-0.3, -0.25) is 4.79 Å². The summed E-state index contributed by atoms with van der Waals surface area (Å²) in [5, 5.41) is 11.5. The lowest BCUT2D eigenvalue weighted by molar-refractivity contribution is 0.0941. The van der Waals surface area contributed by atoms with Gasteiger partial charge in [-0.1, -0.05) is 0 Å². The molecule has 0 aromatic carbocycles. The zero-order chi connectivity index (χ0) is 10.6. The summed E-state index contributed by atoms with van der Waals surface area (Å²) in [6.45, 7) is 2.02. The molecule has 0 aliphatic heterocycles. The number of aliphatic hydroxyl groups is 1. The van der Waals surface area contributed by atoms with Crippen LogP contribution in [0.4, 0.5) is 0 Å². The molecular weight excluding hydrogens is 186 g/mol. The quantitative estimate of drug-likeness (QED) is 0.511. The van der Waals surface area contributed by atoms with Crippen LogP contribution < -0.4 is 11.0 Å². The van der Waals surface area contributed by atoms with E-state index in [2.05, 4.69) is 15.3 Å². The Kier molecular flexibility index (Phi) is 3.47. The van der Waals surface area contributed by atoms with E-state index in [-0.39, 0.29) is 11.6 Å². The number of aliphatic hydroxyl groups excluding tert-OH is 1. The van der Waals surface area contributed by atoms with Crippen LogP contribution in [0.5, 0.6) is 0 Å². The van der Waals surface area contributed by atoms with Crippen LogP contribution in [0.2, 0.25) is 0 Å². The zero-order valence-corrected chi connectivity index (χ0v) is 7.83. The topological polar surface area (TPSA) is 98.0 Å². The van der Waals surface area contributed by atoms with Crippen LogP contribution in [0, 0.1) is 0 Å². The van der Waals surface area contributed by atoms with E-state index in [0.29, 0.717) is 13.0 Å². The molecule has 0 aliphatic carbocycles. The molecule has 1 rings (SSSR count). The molecule has 1 heterocycles. The van der Waals surface area contributed by atoms with Crippen molar-refractivity contribution in [3.05, 3.63) is 22.4 Å². The predicted octanol–water partition coefficient (Wildman–Crippen LogP) is -0.796. The lowest BCUT2D eigenvalue weighted by atomic mass is 10.3. The average molecular weight is 199 g/mol. The molecule has 14 heavy (non-hydrogen) atoms. The molecule has 0 fully saturated rings. The lowest BCUT2D eigenvalue weighted by Gasteiger charge is -2.04. The fraction of sp³-hybridized carbons (Fsp3) is 0.500. The Morgan fingerprint density at radius 2 is 2.43 bits per heavy atom. The van der Waals surface area contributed by atoms with E-state index >= 15 is 0 Å². The van der Waals surface area contributed by atoms with Gasteiger partial charge in [-0.2, -0.15) is 0 Å². The summed E-state index contributed by atoms with van der Waals surface area (Å²) in [6, 6.07) is 0. The first-order valence-corrected chi connectivity index (χ1v) is 4.33. The van der Waals surface area contributed by atoms with Gasteiger partial charge in [0.1, 0.15) is 5.69 Å². The molecule has 1 unspecified atom stereocenters. The maximum atomic E-state index is 11.3. The molecule has 0 spiro atoms. The van der Waals surface area contributed by atoms with Crippen molar-refractivity contribution in [2.24, 2.45) is 0 Å². The second kappa shape index (κ2) is 4.61. The minimum Gasteiger partial charge on any atom is -0.393 e. The number of hydrogen-bond acceptors (Lipinski definition) is 3. The van der Waals surface area contributed by atoms with Gasteiger partial charge < -0.3 is 20.4 Å². The third-order valence-electron chi connectivity index (χ3n) is 1.69. The number of nitrogens with one attached hydrogen (secondary N) is 3. The minimum atomic E-state index is -0.444. The van der Waals surface area contributed by atoms with Gasteiger partial charge in [-0.15, -0.1) is 0 Å². The standard InChI is InChI=1S/C8H13N3O3/c1-5(12)2-3-9-7(13)6-4-10-8(14)11-6/h4-5,12H,2-3H2,1H3,(H,9,13)(H2,10,11,14). The molecule has 4 N–H and O–H groups in total. The number of H-pyrrole nitrogens is 2. The molecule has 78 valence electrons. The lowest BCUT2D eigenvalue weighted by Crippen LogP contribution is -2.27. The van der Waals surface area contributed by atoms with Gasteiger partial charge in [0.15, 0.2) is 0 Å². The minimum absolute atomic E-state index is 0.195. The Morgan fingerprint density at radius 1 is 1.71 bits per heavy atom. The van der Waals surface area contributed by atoms with E-state index in [1.807, 2.05) is 0 Å². The Balaban J connectivity index is 2.40. The van der Waals surface area contributed by atoms with E-state index in [9.17, 15) is 9.59 Å². The van der Waals surface area contributed by atoms with E-state index in [1.54, 1.807) is 6.92 Å². The van der Waals surface area contributed by atoms with E-state index in [4.69, 9.17) is 5.11 Å². The largest absolute Gasteiger partial charge is 0.393 e. The van der Waals surface area contributed by atoms with Crippen molar-refractivity contribution in [1.82, 2.24) is 15.3 Å². The molecule has 1 aromatic heterocycles. The Labute approximate surface area is 80.4 Å². The van der Waals surface area contributed by atoms with E-state index in [0.717, 1.165) is 0 Å². The number of rotatable bonds is 4. The highest BCUT2D eigenvalue weighted by Gasteiger charge is 2.06. The van der Waals surface area contributed by atoms with E-state index < -0.39 is 11.8 Å². The monoisotopic (exact) mass is 199 g/mol. The first kappa shape index (κ1) is 10.5. The van der Waals surface area contributed by atoms with Crippen LogP contribution in [0.1, 0.15) is 23.8 Å². The van der Waals surface area contributed by atoms with Crippen LogP contribution in [0.3, 0.4) is 0 Å². The van der Waals surface area contributed by atoms with Crippen molar-refractivity contribution in [2.45, 2.75) is 19.4 Å². The summed E-state index contributed by atoms with van der Waals surface area (Å²) in [4.78, 5) is 26.6. The highest BCUT2D eigenvalue weighted by molar-refractivity contribution is 5.91. The molecule has 0 aliphatic rings. The summed E-state index contributed by atoms with van der Waals surface area (Å²) in [7, 11) is 0. The molecule has 1 amide bonds. The number of amides is 1. The molecule has 0 saturated carbocycles. The molecule has 1 aromatic rings. The second-order valence-corrected chi connectivity index (χ2v) is 3.05. The van der Waals surface area contributed by atoms with E-state index in [1.165, 1.54) is 6.20 Å². The number of carbonyl (C=O) groups excluding carboxylic acids is 1. The Morgan fingerprint density at radius 3 is 2.93 bits per heavy atom. The van der Waals surface area contributed by atoms with Gasteiger partial charge in [0, 0.05) is 12.7 Å². The molecule has 0 bridgehead atoms. The molecule has 6 nitrogen and oxygen atoms in total. The van der Waals surface area contributed by atoms with Crippen LogP contribution in [-0.4, -0.2) is 33.6 Å². The van der Waals surface area contributed by atoms with Gasteiger partial charge >= 0.3 is 5.69 Å². The number of imidazole rings is 1. The third kappa shape index (κ3) is 3.06. The summed E-state index contributed by atoms with van der Waals surface area (Å²) in [5.74, 6) is -0.357. The third-order valence-corrected chi connectivity index (χ3v) is 1.69. The summed E-state index contributed by atoms with van der Waals surface area (Å²) < 4.78 is 0. The smallest absolute Gasteiger partial charge is 0.323 e. The number of carbonyl (C=O) groups is 1. The molecule has 0 saturated heterocycles. The summed E-state index contributed by atoms with van der Waals surface area (Å²) >= 11 is 0. The fourth-order valence-corrected chi connectivity index (χ4v) is 0.944. The zero-order valence-electron chi connectivity index (χ0n) is 7.83. The molecule has 1 atom stereocenters. The molecule has 6 heteroatoms. The predicted molar refractivity (Wildman–Crippen MR) is 50.0 cm³/mol. The van der Waals surface area contributed by atoms with Crippen molar-refractivity contribution in [3.8, 4) is 0 Å². The highest BCUT2D eigenvalue weighted by atomic mass is 16.3. The van der Waals surface area contributed by atoms with Gasteiger partial charge in [0.05, 0.1) is 6.10 Å². The number of aromatic nitrogens is 2. The molecular formula is C8H13N3O3. The first-order valence-electron chi connectivity index (χ1n) is 4.33. The average Bonchev–Trinajstić information content (AvgIpc) is 2.51.